The summed E-state index contributed by atoms with van der Waals surface area (Å²) < 4.78 is 11.8. The molecule has 3 aliphatic heterocycles. The van der Waals surface area contributed by atoms with Gasteiger partial charge in [-0.1, -0.05) is 49.2 Å². The number of piperidine rings is 1. The van der Waals surface area contributed by atoms with Crippen molar-refractivity contribution in [3.05, 3.63) is 76.3 Å². The number of hydrogen-bond donors (Lipinski definition) is 3. The van der Waals surface area contributed by atoms with Gasteiger partial charge in [0.2, 0.25) is 11.8 Å². The Balaban J connectivity index is 1.16. The van der Waals surface area contributed by atoms with Crippen LogP contribution < -0.4 is 0 Å². The summed E-state index contributed by atoms with van der Waals surface area (Å²) in [7, 11) is -1.04. The van der Waals surface area contributed by atoms with Crippen LogP contribution in [0, 0.1) is 17.8 Å². The van der Waals surface area contributed by atoms with Crippen LogP contribution in [0.3, 0.4) is 0 Å². The van der Waals surface area contributed by atoms with Crippen LogP contribution in [0.4, 0.5) is 0 Å². The van der Waals surface area contributed by atoms with Gasteiger partial charge < -0.3 is 24.3 Å². The van der Waals surface area contributed by atoms with Crippen LogP contribution >= 0.6 is 0 Å². The first-order valence-electron chi connectivity index (χ1n) is 16.6. The van der Waals surface area contributed by atoms with E-state index in [0.717, 1.165) is 62.0 Å². The number of fused-ring (bicyclic) bond motifs is 3. The Kier molecular flexibility index (Phi) is 10.1. The fourth-order valence-corrected chi connectivity index (χ4v) is 8.14. The smallest absolute Gasteiger partial charge is 0.455 e. The Morgan fingerprint density at radius 2 is 1.78 bits per heavy atom. The van der Waals surface area contributed by atoms with Crippen molar-refractivity contribution in [1.29, 1.82) is 0 Å². The van der Waals surface area contributed by atoms with Crippen molar-refractivity contribution in [1.82, 2.24) is 9.80 Å². The van der Waals surface area contributed by atoms with Crippen LogP contribution in [-0.2, 0) is 27.4 Å². The summed E-state index contributed by atoms with van der Waals surface area (Å²) in [5.41, 5.74) is 4.10. The fraction of sp³-hybridized carbons (Fsp3) is 0.543. The second-order valence-corrected chi connectivity index (χ2v) is 13.1. The highest BCUT2D eigenvalue weighted by Crippen LogP contribution is 2.51. The van der Waals surface area contributed by atoms with Crippen LogP contribution in [0.25, 0.3) is 6.08 Å². The van der Waals surface area contributed by atoms with Gasteiger partial charge in [-0.25, -0.2) is 0 Å². The zero-order valence-electron chi connectivity index (χ0n) is 26.1. The first-order chi connectivity index (χ1) is 21.9. The van der Waals surface area contributed by atoms with Gasteiger partial charge in [0.05, 0.1) is 24.5 Å². The van der Waals surface area contributed by atoms with Crippen molar-refractivity contribution in [2.24, 2.45) is 17.8 Å². The van der Waals surface area contributed by atoms with Crippen LogP contribution in [0.5, 0.6) is 0 Å². The molecule has 9 nitrogen and oxygen atoms in total. The van der Waals surface area contributed by atoms with E-state index in [1.807, 2.05) is 30.3 Å². The minimum Gasteiger partial charge on any atom is -0.459 e. The van der Waals surface area contributed by atoms with Gasteiger partial charge in [0.1, 0.15) is 18.1 Å². The van der Waals surface area contributed by atoms with Crippen molar-refractivity contribution >= 4 is 25.0 Å². The number of amides is 2. The maximum atomic E-state index is 14.1. The molecule has 3 fully saturated rings. The molecule has 6 rings (SSSR count). The molecule has 4 aliphatic rings. The second-order valence-electron chi connectivity index (χ2n) is 13.1. The maximum absolute atomic E-state index is 14.1. The predicted octanol–water partition coefficient (Wildman–Crippen LogP) is 4.19. The van der Waals surface area contributed by atoms with Crippen molar-refractivity contribution < 1.29 is 33.9 Å². The SMILES string of the molecule is CCC/C(=C\c1ccc(CO)o1)CC[C@H]1OB(O)C[C@H]2C1=C(CO)C[C@H]1C(=O)N(C3CCN(Cc4ccccc4)CC3)C(=O)[C@H]12. The first kappa shape index (κ1) is 31.9. The van der Waals surface area contributed by atoms with E-state index in [1.54, 1.807) is 11.0 Å². The number of imide groups is 1. The molecule has 0 spiro atoms. The van der Waals surface area contributed by atoms with Gasteiger partial charge in [-0.05, 0) is 85.7 Å². The van der Waals surface area contributed by atoms with Gasteiger partial charge in [0.25, 0.3) is 0 Å². The molecule has 3 N–H and O–H groups in total. The zero-order chi connectivity index (χ0) is 31.5. The molecule has 1 aromatic carbocycles. The minimum absolute atomic E-state index is 0.122. The molecule has 45 heavy (non-hydrogen) atoms. The van der Waals surface area contributed by atoms with Gasteiger partial charge in [-0.2, -0.15) is 0 Å². The van der Waals surface area contributed by atoms with Gasteiger partial charge in [-0.15, -0.1) is 0 Å². The molecule has 0 saturated carbocycles. The van der Waals surface area contributed by atoms with Crippen molar-refractivity contribution in [2.45, 2.75) is 83.5 Å². The number of nitrogens with zero attached hydrogens (tertiary/aromatic N) is 2. The lowest BCUT2D eigenvalue weighted by Gasteiger charge is -2.43. The van der Waals surface area contributed by atoms with Crippen molar-refractivity contribution in [3.8, 4) is 0 Å². The molecule has 0 radical (unpaired) electrons. The highest BCUT2D eigenvalue weighted by atomic mass is 16.5. The Bertz CT molecular complexity index is 1410. The molecule has 0 unspecified atom stereocenters. The quantitative estimate of drug-likeness (QED) is 0.195. The number of allylic oxidation sites excluding steroid dienone is 1. The molecular formula is C35H45BN2O7. The molecule has 1 aliphatic carbocycles. The van der Waals surface area contributed by atoms with Crippen LogP contribution in [0.15, 0.2) is 63.6 Å². The molecule has 2 amide bonds. The number of likely N-dealkylation sites (tertiary alicyclic amines) is 2. The number of aliphatic hydroxyl groups excluding tert-OH is 2. The fourth-order valence-electron chi connectivity index (χ4n) is 8.14. The topological polar surface area (TPSA) is 124 Å². The van der Waals surface area contributed by atoms with Crippen molar-refractivity contribution in [3.63, 3.8) is 0 Å². The molecule has 2 aromatic rings. The first-order valence-corrected chi connectivity index (χ1v) is 16.6. The average Bonchev–Trinajstić information content (AvgIpc) is 3.61. The van der Waals surface area contributed by atoms with Crippen LogP contribution in [-0.4, -0.2) is 75.8 Å². The molecule has 0 bridgehead atoms. The van der Waals surface area contributed by atoms with E-state index in [1.165, 1.54) is 5.56 Å². The monoisotopic (exact) mass is 616 g/mol. The molecule has 240 valence electrons. The Morgan fingerprint density at radius 3 is 2.47 bits per heavy atom. The van der Waals surface area contributed by atoms with Gasteiger partial charge in [0, 0.05) is 25.7 Å². The van der Waals surface area contributed by atoms with Crippen molar-refractivity contribution in [2.75, 3.05) is 19.7 Å². The maximum Gasteiger partial charge on any atom is 0.455 e. The Morgan fingerprint density at radius 1 is 1.00 bits per heavy atom. The number of carbonyl (C=O) groups is 2. The number of rotatable bonds is 11. The summed E-state index contributed by atoms with van der Waals surface area (Å²) >= 11 is 0. The van der Waals surface area contributed by atoms with E-state index in [4.69, 9.17) is 9.07 Å². The number of benzene rings is 1. The minimum atomic E-state index is -1.04. The summed E-state index contributed by atoms with van der Waals surface area (Å²) in [6.07, 6.45) is 6.70. The average molecular weight is 617 g/mol. The normalized spacial score (nSPS) is 26.5. The summed E-state index contributed by atoms with van der Waals surface area (Å²) in [4.78, 5) is 31.9. The summed E-state index contributed by atoms with van der Waals surface area (Å²) in [6, 6.07) is 13.8. The Labute approximate surface area is 265 Å². The van der Waals surface area contributed by atoms with Crippen LogP contribution in [0.1, 0.15) is 69.0 Å². The summed E-state index contributed by atoms with van der Waals surface area (Å²) in [5, 5.41) is 30.7. The third-order valence-corrected chi connectivity index (χ3v) is 10.2. The molecule has 1 aromatic heterocycles. The second kappa shape index (κ2) is 14.2. The van der Waals surface area contributed by atoms with E-state index < -0.39 is 25.1 Å². The summed E-state index contributed by atoms with van der Waals surface area (Å²) in [5.74, 6) is -0.424. The number of carbonyl (C=O) groups excluding carboxylic acids is 2. The van der Waals surface area contributed by atoms with Gasteiger partial charge in [-0.3, -0.25) is 19.4 Å². The molecule has 10 heteroatoms. The molecule has 4 heterocycles. The van der Waals surface area contributed by atoms with Gasteiger partial charge in [0.15, 0.2) is 0 Å². The lowest BCUT2D eigenvalue weighted by Crippen LogP contribution is -2.48. The number of furan rings is 1. The van der Waals surface area contributed by atoms with Gasteiger partial charge >= 0.3 is 7.12 Å². The molecule has 3 saturated heterocycles. The van der Waals surface area contributed by atoms with E-state index in [-0.39, 0.29) is 43.3 Å². The third kappa shape index (κ3) is 6.76. The van der Waals surface area contributed by atoms with E-state index in [0.29, 0.717) is 30.8 Å². The lowest BCUT2D eigenvalue weighted by molar-refractivity contribution is -0.144. The zero-order valence-corrected chi connectivity index (χ0v) is 26.1. The molecular weight excluding hydrogens is 571 g/mol. The largest absolute Gasteiger partial charge is 0.459 e. The predicted molar refractivity (Wildman–Crippen MR) is 170 cm³/mol. The Hall–Kier alpha value is -3.02. The van der Waals surface area contributed by atoms with E-state index >= 15 is 0 Å². The highest BCUT2D eigenvalue weighted by Gasteiger charge is 2.58. The molecule has 4 atom stereocenters. The standard InChI is InChI=1S/C35H45BN2O7/c1-2-6-23(17-27-10-11-28(22-40)44-27)9-12-31-32-25(21-39)18-29-33(30(32)19-36(43)45-31)35(42)38(34(29)41)26-13-15-37(16-14-26)20-24-7-4-3-5-8-24/h3-5,7-8,10-11,17,26,29-31,33,39-40,43H,2,6,9,12-16,18-22H2,1H3/b23-17+/t29-,30+,31-,33-/m1/s1. The number of hydrogen-bond acceptors (Lipinski definition) is 8. The third-order valence-electron chi connectivity index (χ3n) is 10.2. The summed E-state index contributed by atoms with van der Waals surface area (Å²) in [6.45, 7) is 4.26. The lowest BCUT2D eigenvalue weighted by atomic mass is 9.58. The van der Waals surface area contributed by atoms with E-state index in [9.17, 15) is 24.8 Å². The van der Waals surface area contributed by atoms with E-state index in [2.05, 4.69) is 24.0 Å². The highest BCUT2D eigenvalue weighted by molar-refractivity contribution is 6.43. The number of aliphatic hydroxyl groups is 2. The van der Waals surface area contributed by atoms with Crippen LogP contribution in [0.2, 0.25) is 6.32 Å².